The molecule has 0 aromatic heterocycles. The van der Waals surface area contributed by atoms with Crippen molar-refractivity contribution in [3.63, 3.8) is 0 Å². The maximum atomic E-state index is 6.09. The molecule has 3 heteroatoms. The first-order valence-corrected chi connectivity index (χ1v) is 7.63. The van der Waals surface area contributed by atoms with Gasteiger partial charge >= 0.3 is 0 Å². The van der Waals surface area contributed by atoms with Gasteiger partial charge in [-0.05, 0) is 38.5 Å². The monoisotopic (exact) mass is 255 g/mol. The molecule has 0 amide bonds. The summed E-state index contributed by atoms with van der Waals surface area (Å²) < 4.78 is 11.6. The summed E-state index contributed by atoms with van der Waals surface area (Å²) in [6.45, 7) is 9.57. The van der Waals surface area contributed by atoms with E-state index < -0.39 is 0 Å². The van der Waals surface area contributed by atoms with Crippen LogP contribution < -0.4 is 5.32 Å². The molecule has 0 saturated carbocycles. The van der Waals surface area contributed by atoms with E-state index in [1.165, 1.54) is 6.42 Å². The molecule has 3 unspecified atom stereocenters. The van der Waals surface area contributed by atoms with Gasteiger partial charge in [0.05, 0.1) is 5.60 Å². The Morgan fingerprint density at radius 2 is 1.94 bits per heavy atom. The summed E-state index contributed by atoms with van der Waals surface area (Å²) in [5.74, 6) is 0.749. The van der Waals surface area contributed by atoms with E-state index in [4.69, 9.17) is 9.47 Å². The third kappa shape index (κ3) is 3.46. The fourth-order valence-corrected chi connectivity index (χ4v) is 3.15. The summed E-state index contributed by atoms with van der Waals surface area (Å²) in [6, 6.07) is 1.23. The molecule has 106 valence electrons. The third-order valence-electron chi connectivity index (χ3n) is 4.89. The minimum atomic E-state index is 0.114. The lowest BCUT2D eigenvalue weighted by Crippen LogP contribution is -2.52. The molecule has 0 aliphatic carbocycles. The van der Waals surface area contributed by atoms with Gasteiger partial charge in [0.1, 0.15) is 0 Å². The van der Waals surface area contributed by atoms with Gasteiger partial charge in [-0.15, -0.1) is 0 Å². The van der Waals surface area contributed by atoms with Gasteiger partial charge in [0.15, 0.2) is 0 Å². The van der Waals surface area contributed by atoms with Crippen LogP contribution in [0.4, 0.5) is 0 Å². The van der Waals surface area contributed by atoms with Crippen molar-refractivity contribution < 1.29 is 9.47 Å². The first kappa shape index (κ1) is 14.3. The Bertz CT molecular complexity index is 245. The largest absolute Gasteiger partial charge is 0.381 e. The highest BCUT2D eigenvalue weighted by Gasteiger charge is 2.39. The first-order valence-electron chi connectivity index (χ1n) is 7.63. The van der Waals surface area contributed by atoms with Gasteiger partial charge in [-0.1, -0.05) is 20.3 Å². The molecule has 2 saturated heterocycles. The van der Waals surface area contributed by atoms with E-state index in [9.17, 15) is 0 Å². The molecule has 1 spiro atoms. The lowest BCUT2D eigenvalue weighted by atomic mass is 9.83. The maximum absolute atomic E-state index is 6.09. The zero-order valence-corrected chi connectivity index (χ0v) is 12.2. The number of nitrogens with one attached hydrogen (secondary N) is 1. The highest BCUT2D eigenvalue weighted by atomic mass is 16.5. The number of hydrogen-bond acceptors (Lipinski definition) is 3. The molecule has 1 N–H and O–H groups in total. The lowest BCUT2D eigenvalue weighted by Gasteiger charge is -2.44. The van der Waals surface area contributed by atoms with E-state index >= 15 is 0 Å². The van der Waals surface area contributed by atoms with Crippen LogP contribution in [0.5, 0.6) is 0 Å². The minimum absolute atomic E-state index is 0.114. The van der Waals surface area contributed by atoms with Crippen LogP contribution in [0.3, 0.4) is 0 Å². The smallest absolute Gasteiger partial charge is 0.0741 e. The van der Waals surface area contributed by atoms with Crippen molar-refractivity contribution in [3.05, 3.63) is 0 Å². The van der Waals surface area contributed by atoms with Crippen LogP contribution in [0.25, 0.3) is 0 Å². The molecule has 0 radical (unpaired) electrons. The second-order valence-electron chi connectivity index (χ2n) is 6.17. The summed E-state index contributed by atoms with van der Waals surface area (Å²) in [4.78, 5) is 0. The van der Waals surface area contributed by atoms with Gasteiger partial charge in [-0.2, -0.15) is 0 Å². The van der Waals surface area contributed by atoms with E-state index in [1.807, 2.05) is 0 Å². The molecule has 2 fully saturated rings. The number of rotatable bonds is 4. The van der Waals surface area contributed by atoms with Crippen LogP contribution in [0.1, 0.15) is 52.9 Å². The van der Waals surface area contributed by atoms with Gasteiger partial charge in [0.2, 0.25) is 0 Å². The summed E-state index contributed by atoms with van der Waals surface area (Å²) >= 11 is 0. The van der Waals surface area contributed by atoms with Crippen molar-refractivity contribution in [2.45, 2.75) is 70.6 Å². The van der Waals surface area contributed by atoms with Crippen molar-refractivity contribution in [1.82, 2.24) is 5.32 Å². The van der Waals surface area contributed by atoms with Crippen LogP contribution >= 0.6 is 0 Å². The molecule has 18 heavy (non-hydrogen) atoms. The molecular formula is C15H29NO2. The second-order valence-corrected chi connectivity index (χ2v) is 6.17. The Balaban J connectivity index is 1.86. The summed E-state index contributed by atoms with van der Waals surface area (Å²) in [5.41, 5.74) is 0.114. The van der Waals surface area contributed by atoms with Crippen molar-refractivity contribution >= 4 is 0 Å². The first-order chi connectivity index (χ1) is 8.65. The van der Waals surface area contributed by atoms with Crippen LogP contribution in [0, 0.1) is 5.92 Å². The van der Waals surface area contributed by atoms with E-state index in [0.29, 0.717) is 12.1 Å². The molecule has 3 nitrogen and oxygen atoms in total. The summed E-state index contributed by atoms with van der Waals surface area (Å²) in [6.07, 6.45) is 5.71. The SMILES string of the molecule is CCC(C)C(C)NC1CCOC2(CCOCC2)C1. The van der Waals surface area contributed by atoms with E-state index in [2.05, 4.69) is 26.1 Å². The molecule has 0 aromatic rings. The fourth-order valence-electron chi connectivity index (χ4n) is 3.15. The normalized spacial score (nSPS) is 31.2. The Morgan fingerprint density at radius 3 is 2.61 bits per heavy atom. The Kier molecular flexibility index (Phi) is 5.05. The van der Waals surface area contributed by atoms with Crippen molar-refractivity contribution in [3.8, 4) is 0 Å². The zero-order valence-electron chi connectivity index (χ0n) is 12.2. The summed E-state index contributed by atoms with van der Waals surface area (Å²) in [5, 5.41) is 3.82. The maximum Gasteiger partial charge on any atom is 0.0741 e. The Hall–Kier alpha value is -0.120. The molecular weight excluding hydrogens is 226 g/mol. The van der Waals surface area contributed by atoms with E-state index in [1.54, 1.807) is 0 Å². The van der Waals surface area contributed by atoms with Crippen molar-refractivity contribution in [2.75, 3.05) is 19.8 Å². The quantitative estimate of drug-likeness (QED) is 0.838. The number of hydrogen-bond donors (Lipinski definition) is 1. The topological polar surface area (TPSA) is 30.5 Å². The fraction of sp³-hybridized carbons (Fsp3) is 1.00. The van der Waals surface area contributed by atoms with E-state index in [0.717, 1.165) is 51.4 Å². The van der Waals surface area contributed by atoms with Crippen LogP contribution in [0.2, 0.25) is 0 Å². The molecule has 2 aliphatic rings. The van der Waals surface area contributed by atoms with Crippen molar-refractivity contribution in [2.24, 2.45) is 5.92 Å². The standard InChI is InChI=1S/C15H29NO2/c1-4-12(2)13(3)16-14-5-8-18-15(11-14)6-9-17-10-7-15/h12-14,16H,4-11H2,1-3H3. The van der Waals surface area contributed by atoms with Crippen LogP contribution in [0.15, 0.2) is 0 Å². The number of ether oxygens (including phenoxy) is 2. The van der Waals surface area contributed by atoms with Gasteiger partial charge in [-0.25, -0.2) is 0 Å². The van der Waals surface area contributed by atoms with Crippen LogP contribution in [-0.4, -0.2) is 37.5 Å². The molecule has 2 heterocycles. The predicted molar refractivity (Wildman–Crippen MR) is 73.8 cm³/mol. The van der Waals surface area contributed by atoms with Gasteiger partial charge in [0, 0.05) is 31.9 Å². The third-order valence-corrected chi connectivity index (χ3v) is 4.89. The van der Waals surface area contributed by atoms with Crippen molar-refractivity contribution in [1.29, 1.82) is 0 Å². The van der Waals surface area contributed by atoms with Crippen LogP contribution in [-0.2, 0) is 9.47 Å². The summed E-state index contributed by atoms with van der Waals surface area (Å²) in [7, 11) is 0. The molecule has 2 aliphatic heterocycles. The lowest BCUT2D eigenvalue weighted by molar-refractivity contribution is -0.141. The second kappa shape index (κ2) is 6.36. The Labute approximate surface area is 112 Å². The van der Waals surface area contributed by atoms with E-state index in [-0.39, 0.29) is 5.60 Å². The average Bonchev–Trinajstić information content (AvgIpc) is 2.38. The van der Waals surface area contributed by atoms with Gasteiger partial charge < -0.3 is 14.8 Å². The molecule has 0 bridgehead atoms. The molecule has 2 rings (SSSR count). The highest BCUT2D eigenvalue weighted by molar-refractivity contribution is 4.92. The van der Waals surface area contributed by atoms with Gasteiger partial charge in [0.25, 0.3) is 0 Å². The Morgan fingerprint density at radius 1 is 1.22 bits per heavy atom. The highest BCUT2D eigenvalue weighted by Crippen LogP contribution is 2.34. The predicted octanol–water partition coefficient (Wildman–Crippen LogP) is 2.74. The molecule has 0 aromatic carbocycles. The van der Waals surface area contributed by atoms with Gasteiger partial charge in [-0.3, -0.25) is 0 Å². The molecule has 3 atom stereocenters. The zero-order chi connectivity index (χ0) is 13.0. The minimum Gasteiger partial charge on any atom is -0.381 e. The average molecular weight is 255 g/mol.